The van der Waals surface area contributed by atoms with Crippen molar-refractivity contribution in [1.29, 1.82) is 5.26 Å². The number of nitriles is 1. The molecule has 0 heterocycles. The van der Waals surface area contributed by atoms with Gasteiger partial charge in [0.1, 0.15) is 11.8 Å². The smallest absolute Gasteiger partial charge is 0.174 e. The standard InChI is InChI=1S/C16H24N2O2/c1-2-3-10-19-11-5-9-18-14-15-6-4-7-16(13-15)20-12-8-17/h4,6-7,13,18H,2-3,5,9-12,14H2,1H3. The van der Waals surface area contributed by atoms with Crippen LogP contribution in [0.25, 0.3) is 0 Å². The molecule has 110 valence electrons. The summed E-state index contributed by atoms with van der Waals surface area (Å²) in [5.74, 6) is 0.744. The van der Waals surface area contributed by atoms with Gasteiger partial charge in [-0.05, 0) is 37.1 Å². The van der Waals surface area contributed by atoms with Crippen LogP contribution in [0.1, 0.15) is 31.7 Å². The minimum atomic E-state index is 0.0893. The van der Waals surface area contributed by atoms with Crippen LogP contribution in [0.5, 0.6) is 5.75 Å². The zero-order valence-electron chi connectivity index (χ0n) is 12.2. The van der Waals surface area contributed by atoms with E-state index in [1.807, 2.05) is 30.3 Å². The molecule has 4 nitrogen and oxygen atoms in total. The number of benzene rings is 1. The molecule has 0 saturated heterocycles. The maximum absolute atomic E-state index is 8.48. The number of ether oxygens (including phenoxy) is 2. The van der Waals surface area contributed by atoms with Crippen molar-refractivity contribution < 1.29 is 9.47 Å². The molecule has 0 bridgehead atoms. The molecule has 1 aromatic carbocycles. The molecule has 1 aromatic rings. The minimum Gasteiger partial charge on any atom is -0.479 e. The molecule has 0 aromatic heterocycles. The third kappa shape index (κ3) is 7.78. The highest BCUT2D eigenvalue weighted by Gasteiger charge is 1.97. The van der Waals surface area contributed by atoms with E-state index >= 15 is 0 Å². The van der Waals surface area contributed by atoms with Gasteiger partial charge in [-0.2, -0.15) is 5.26 Å². The van der Waals surface area contributed by atoms with Crippen molar-refractivity contribution in [2.45, 2.75) is 32.7 Å². The lowest BCUT2D eigenvalue weighted by molar-refractivity contribution is 0.129. The van der Waals surface area contributed by atoms with Crippen LogP contribution < -0.4 is 10.1 Å². The first-order chi connectivity index (χ1) is 9.86. The highest BCUT2D eigenvalue weighted by atomic mass is 16.5. The molecule has 0 aliphatic heterocycles. The monoisotopic (exact) mass is 276 g/mol. The van der Waals surface area contributed by atoms with E-state index in [1.54, 1.807) is 0 Å². The molecule has 0 atom stereocenters. The number of nitrogens with zero attached hydrogens (tertiary/aromatic N) is 1. The topological polar surface area (TPSA) is 54.3 Å². The molecule has 1 rings (SSSR count). The quantitative estimate of drug-likeness (QED) is 0.631. The molecule has 20 heavy (non-hydrogen) atoms. The van der Waals surface area contributed by atoms with Crippen molar-refractivity contribution in [2.75, 3.05) is 26.4 Å². The van der Waals surface area contributed by atoms with Gasteiger partial charge in [0.15, 0.2) is 6.61 Å². The Bertz CT molecular complexity index is 402. The van der Waals surface area contributed by atoms with E-state index in [0.717, 1.165) is 50.5 Å². The van der Waals surface area contributed by atoms with Crippen LogP contribution in [0, 0.1) is 11.3 Å². The van der Waals surface area contributed by atoms with Gasteiger partial charge in [-0.1, -0.05) is 25.5 Å². The van der Waals surface area contributed by atoms with Crippen molar-refractivity contribution in [3.05, 3.63) is 29.8 Å². The third-order valence-corrected chi connectivity index (χ3v) is 2.82. The van der Waals surface area contributed by atoms with Crippen LogP contribution in [-0.4, -0.2) is 26.4 Å². The lowest BCUT2D eigenvalue weighted by Gasteiger charge is -2.07. The first-order valence-electron chi connectivity index (χ1n) is 7.24. The normalized spacial score (nSPS) is 10.2. The van der Waals surface area contributed by atoms with Gasteiger partial charge in [-0.15, -0.1) is 0 Å². The summed E-state index contributed by atoms with van der Waals surface area (Å²) in [5, 5.41) is 11.9. The maximum Gasteiger partial charge on any atom is 0.174 e. The second kappa shape index (κ2) is 11.3. The summed E-state index contributed by atoms with van der Waals surface area (Å²) in [6, 6.07) is 9.78. The van der Waals surface area contributed by atoms with Crippen molar-refractivity contribution in [3.8, 4) is 11.8 Å². The number of hydrogen-bond donors (Lipinski definition) is 1. The van der Waals surface area contributed by atoms with Gasteiger partial charge < -0.3 is 14.8 Å². The van der Waals surface area contributed by atoms with Gasteiger partial charge in [-0.3, -0.25) is 0 Å². The summed E-state index contributed by atoms with van der Waals surface area (Å²) in [7, 11) is 0. The van der Waals surface area contributed by atoms with Gasteiger partial charge in [0.2, 0.25) is 0 Å². The first kappa shape index (κ1) is 16.5. The Morgan fingerprint density at radius 1 is 1.25 bits per heavy atom. The fraction of sp³-hybridized carbons (Fsp3) is 0.562. The van der Waals surface area contributed by atoms with E-state index in [4.69, 9.17) is 14.7 Å². The van der Waals surface area contributed by atoms with E-state index < -0.39 is 0 Å². The van der Waals surface area contributed by atoms with Crippen LogP contribution in [0.3, 0.4) is 0 Å². The molecular formula is C16H24N2O2. The highest BCUT2D eigenvalue weighted by molar-refractivity contribution is 5.28. The second-order valence-electron chi connectivity index (χ2n) is 4.59. The third-order valence-electron chi connectivity index (χ3n) is 2.82. The zero-order chi connectivity index (χ0) is 14.5. The molecule has 1 N–H and O–H groups in total. The average molecular weight is 276 g/mol. The molecule has 0 radical (unpaired) electrons. The van der Waals surface area contributed by atoms with Gasteiger partial charge in [0, 0.05) is 19.8 Å². The van der Waals surface area contributed by atoms with E-state index in [0.29, 0.717) is 0 Å². The van der Waals surface area contributed by atoms with Gasteiger partial charge >= 0.3 is 0 Å². The van der Waals surface area contributed by atoms with Gasteiger partial charge in [0.25, 0.3) is 0 Å². The Balaban J connectivity index is 2.11. The van der Waals surface area contributed by atoms with E-state index in [1.165, 1.54) is 6.42 Å². The SMILES string of the molecule is CCCCOCCCNCc1cccc(OCC#N)c1. The summed E-state index contributed by atoms with van der Waals surface area (Å²) < 4.78 is 10.8. The van der Waals surface area contributed by atoms with Crippen molar-refractivity contribution in [2.24, 2.45) is 0 Å². The molecule has 0 aliphatic rings. The minimum absolute atomic E-state index is 0.0893. The molecule has 0 aliphatic carbocycles. The Hall–Kier alpha value is -1.57. The summed E-state index contributed by atoms with van der Waals surface area (Å²) in [6.07, 6.45) is 3.35. The average Bonchev–Trinajstić information content (AvgIpc) is 2.48. The number of nitrogens with one attached hydrogen (secondary N) is 1. The van der Waals surface area contributed by atoms with Crippen molar-refractivity contribution >= 4 is 0 Å². The Kier molecular flexibility index (Phi) is 9.29. The summed E-state index contributed by atoms with van der Waals surface area (Å²) in [5.41, 5.74) is 1.16. The molecular weight excluding hydrogens is 252 g/mol. The molecule has 0 saturated carbocycles. The fourth-order valence-corrected chi connectivity index (χ4v) is 1.74. The van der Waals surface area contributed by atoms with Crippen molar-refractivity contribution in [1.82, 2.24) is 5.32 Å². The summed E-state index contributed by atoms with van der Waals surface area (Å²) in [6.45, 7) is 5.69. The number of rotatable bonds is 11. The second-order valence-corrected chi connectivity index (χ2v) is 4.59. The lowest BCUT2D eigenvalue weighted by atomic mass is 10.2. The highest BCUT2D eigenvalue weighted by Crippen LogP contribution is 2.12. The Morgan fingerprint density at radius 3 is 2.90 bits per heavy atom. The number of unbranched alkanes of at least 4 members (excludes halogenated alkanes) is 1. The predicted molar refractivity (Wildman–Crippen MR) is 79.6 cm³/mol. The molecule has 0 unspecified atom stereocenters. The van der Waals surface area contributed by atoms with Crippen LogP contribution in [-0.2, 0) is 11.3 Å². The van der Waals surface area contributed by atoms with E-state index in [2.05, 4.69) is 12.2 Å². The first-order valence-corrected chi connectivity index (χ1v) is 7.24. The van der Waals surface area contributed by atoms with Crippen molar-refractivity contribution in [3.63, 3.8) is 0 Å². The zero-order valence-corrected chi connectivity index (χ0v) is 12.2. The van der Waals surface area contributed by atoms with Crippen LogP contribution in [0.4, 0.5) is 0 Å². The molecule has 4 heteroatoms. The van der Waals surface area contributed by atoms with Gasteiger partial charge in [-0.25, -0.2) is 0 Å². The number of hydrogen-bond acceptors (Lipinski definition) is 4. The lowest BCUT2D eigenvalue weighted by Crippen LogP contribution is -2.16. The van der Waals surface area contributed by atoms with E-state index in [-0.39, 0.29) is 6.61 Å². The summed E-state index contributed by atoms with van der Waals surface area (Å²) in [4.78, 5) is 0. The van der Waals surface area contributed by atoms with Crippen LogP contribution in [0.2, 0.25) is 0 Å². The largest absolute Gasteiger partial charge is 0.479 e. The van der Waals surface area contributed by atoms with Crippen LogP contribution >= 0.6 is 0 Å². The Labute approximate surface area is 121 Å². The fourth-order valence-electron chi connectivity index (χ4n) is 1.74. The van der Waals surface area contributed by atoms with E-state index in [9.17, 15) is 0 Å². The van der Waals surface area contributed by atoms with Gasteiger partial charge in [0.05, 0.1) is 0 Å². The Morgan fingerprint density at radius 2 is 2.10 bits per heavy atom. The summed E-state index contributed by atoms with van der Waals surface area (Å²) >= 11 is 0. The molecule has 0 amide bonds. The van der Waals surface area contributed by atoms with Crippen LogP contribution in [0.15, 0.2) is 24.3 Å². The molecule has 0 spiro atoms. The molecule has 0 fully saturated rings. The maximum atomic E-state index is 8.48. The predicted octanol–water partition coefficient (Wildman–Crippen LogP) is 2.89.